The van der Waals surface area contributed by atoms with Gasteiger partial charge in [-0.3, -0.25) is 0 Å². The van der Waals surface area contributed by atoms with Crippen LogP contribution < -0.4 is 5.32 Å². The second-order valence-electron chi connectivity index (χ2n) is 4.51. The summed E-state index contributed by atoms with van der Waals surface area (Å²) in [6, 6.07) is 0.275. The van der Waals surface area contributed by atoms with Crippen LogP contribution in [0.25, 0.3) is 0 Å². The van der Waals surface area contributed by atoms with Crippen LogP contribution in [-0.2, 0) is 10.2 Å². The molecule has 5 nitrogen and oxygen atoms in total. The fraction of sp³-hybridized carbons (Fsp3) is 1.00. The first kappa shape index (κ1) is 11.3. The molecule has 0 aromatic rings. The average molecular weight is 233 g/mol. The van der Waals surface area contributed by atoms with Gasteiger partial charge in [0.15, 0.2) is 0 Å². The first-order valence-electron chi connectivity index (χ1n) is 5.43. The summed E-state index contributed by atoms with van der Waals surface area (Å²) in [7, 11) is 0.429. The van der Waals surface area contributed by atoms with Crippen molar-refractivity contribution < 1.29 is 8.42 Å². The molecule has 88 valence electrons. The van der Waals surface area contributed by atoms with Crippen molar-refractivity contribution in [1.29, 1.82) is 0 Å². The number of rotatable bonds is 3. The smallest absolute Gasteiger partial charge is 0.281 e. The van der Waals surface area contributed by atoms with Gasteiger partial charge in [0, 0.05) is 32.7 Å². The van der Waals surface area contributed by atoms with Gasteiger partial charge in [0.2, 0.25) is 0 Å². The number of nitrogens with zero attached hydrogens (tertiary/aromatic N) is 2. The fourth-order valence-corrected chi connectivity index (χ4v) is 3.91. The maximum Gasteiger partial charge on any atom is 0.281 e. The van der Waals surface area contributed by atoms with E-state index in [9.17, 15) is 8.42 Å². The lowest BCUT2D eigenvalue weighted by Gasteiger charge is -2.37. The van der Waals surface area contributed by atoms with Crippen molar-refractivity contribution in [2.75, 3.05) is 33.7 Å². The zero-order valence-electron chi connectivity index (χ0n) is 9.31. The van der Waals surface area contributed by atoms with E-state index in [0.29, 0.717) is 19.0 Å². The summed E-state index contributed by atoms with van der Waals surface area (Å²) in [4.78, 5) is 0. The van der Waals surface area contributed by atoms with Crippen LogP contribution in [0.4, 0.5) is 0 Å². The van der Waals surface area contributed by atoms with Gasteiger partial charge in [0.1, 0.15) is 0 Å². The highest BCUT2D eigenvalue weighted by atomic mass is 32.2. The van der Waals surface area contributed by atoms with Crippen LogP contribution in [0.1, 0.15) is 12.8 Å². The van der Waals surface area contributed by atoms with Gasteiger partial charge in [0.05, 0.1) is 0 Å². The van der Waals surface area contributed by atoms with Crippen LogP contribution in [0.5, 0.6) is 0 Å². The summed E-state index contributed by atoms with van der Waals surface area (Å²) in [5.74, 6) is 0.407. The molecule has 2 fully saturated rings. The van der Waals surface area contributed by atoms with Crippen molar-refractivity contribution in [3.63, 3.8) is 0 Å². The zero-order valence-corrected chi connectivity index (χ0v) is 10.1. The second kappa shape index (κ2) is 4.01. The molecular weight excluding hydrogens is 214 g/mol. The first-order valence-corrected chi connectivity index (χ1v) is 6.83. The lowest BCUT2D eigenvalue weighted by atomic mass is 10.1. The predicted octanol–water partition coefficient (Wildman–Crippen LogP) is -0.523. The molecule has 0 bridgehead atoms. The van der Waals surface area contributed by atoms with E-state index in [4.69, 9.17) is 0 Å². The Morgan fingerprint density at radius 2 is 2.00 bits per heavy atom. The number of hydrogen-bond acceptors (Lipinski definition) is 3. The van der Waals surface area contributed by atoms with Crippen molar-refractivity contribution in [2.45, 2.75) is 18.9 Å². The zero-order chi connectivity index (χ0) is 11.1. The molecule has 6 heteroatoms. The van der Waals surface area contributed by atoms with Crippen molar-refractivity contribution in [1.82, 2.24) is 13.9 Å². The van der Waals surface area contributed by atoms with Gasteiger partial charge in [-0.25, -0.2) is 0 Å². The van der Waals surface area contributed by atoms with E-state index in [1.54, 1.807) is 11.4 Å². The molecule has 2 rings (SSSR count). The largest absolute Gasteiger partial charge is 0.319 e. The lowest BCUT2D eigenvalue weighted by molar-refractivity contribution is 0.235. The number of nitrogens with one attached hydrogen (secondary N) is 1. The molecule has 2 aliphatic rings. The van der Waals surface area contributed by atoms with E-state index in [1.165, 1.54) is 4.31 Å². The Morgan fingerprint density at radius 3 is 2.53 bits per heavy atom. The van der Waals surface area contributed by atoms with Crippen LogP contribution in [-0.4, -0.2) is 56.8 Å². The quantitative estimate of drug-likeness (QED) is 0.713. The minimum Gasteiger partial charge on any atom is -0.319 e. The summed E-state index contributed by atoms with van der Waals surface area (Å²) < 4.78 is 27.1. The Balaban J connectivity index is 2.11. The molecule has 1 N–H and O–H groups in total. The summed E-state index contributed by atoms with van der Waals surface area (Å²) in [5.41, 5.74) is 0. The Kier molecular flexibility index (Phi) is 3.03. The van der Waals surface area contributed by atoms with Crippen LogP contribution >= 0.6 is 0 Å². The highest BCUT2D eigenvalue weighted by molar-refractivity contribution is 7.86. The van der Waals surface area contributed by atoms with Crippen LogP contribution in [0.15, 0.2) is 0 Å². The van der Waals surface area contributed by atoms with Gasteiger partial charge < -0.3 is 5.32 Å². The van der Waals surface area contributed by atoms with Crippen LogP contribution in [0, 0.1) is 5.92 Å². The molecular formula is C9H19N3O2S. The van der Waals surface area contributed by atoms with E-state index in [-0.39, 0.29) is 6.04 Å². The van der Waals surface area contributed by atoms with Gasteiger partial charge >= 0.3 is 0 Å². The molecule has 1 aliphatic carbocycles. The minimum absolute atomic E-state index is 0.275. The van der Waals surface area contributed by atoms with Gasteiger partial charge in [-0.1, -0.05) is 0 Å². The maximum atomic E-state index is 12.0. The second-order valence-corrected chi connectivity index (χ2v) is 6.50. The molecule has 15 heavy (non-hydrogen) atoms. The SMILES string of the molecule is CNCC1CN(C)S(=O)(=O)N(C2CC2)C1. The van der Waals surface area contributed by atoms with E-state index >= 15 is 0 Å². The highest BCUT2D eigenvalue weighted by Crippen LogP contribution is 2.33. The Labute approximate surface area is 91.6 Å². The van der Waals surface area contributed by atoms with Crippen molar-refractivity contribution in [3.8, 4) is 0 Å². The molecule has 0 spiro atoms. The Bertz CT molecular complexity index is 326. The summed E-state index contributed by atoms with van der Waals surface area (Å²) in [6.07, 6.45) is 2.05. The Hall–Kier alpha value is -0.170. The average Bonchev–Trinajstić information content (AvgIpc) is 2.95. The standard InChI is InChI=1S/C9H19N3O2S/c1-10-5-8-6-11(2)15(13,14)12(7-8)9-3-4-9/h8-10H,3-7H2,1-2H3. The molecule has 1 atom stereocenters. The molecule has 0 aromatic carbocycles. The molecule has 0 radical (unpaired) electrons. The van der Waals surface area contributed by atoms with Gasteiger partial charge in [-0.15, -0.1) is 0 Å². The van der Waals surface area contributed by atoms with E-state index in [1.807, 2.05) is 7.05 Å². The molecule has 1 heterocycles. The van der Waals surface area contributed by atoms with E-state index < -0.39 is 10.2 Å². The van der Waals surface area contributed by atoms with Gasteiger partial charge in [0.25, 0.3) is 10.2 Å². The Morgan fingerprint density at radius 1 is 1.33 bits per heavy atom. The minimum atomic E-state index is -3.15. The van der Waals surface area contributed by atoms with Crippen molar-refractivity contribution in [2.24, 2.45) is 5.92 Å². The molecule has 0 amide bonds. The molecule has 1 saturated heterocycles. The fourth-order valence-electron chi connectivity index (χ4n) is 2.16. The topological polar surface area (TPSA) is 52.7 Å². The van der Waals surface area contributed by atoms with Gasteiger partial charge in [-0.05, 0) is 25.8 Å². The first-order chi connectivity index (χ1) is 7.05. The third kappa shape index (κ3) is 2.18. The summed E-state index contributed by atoms with van der Waals surface area (Å²) in [6.45, 7) is 2.19. The number of hydrogen-bond donors (Lipinski definition) is 1. The normalized spacial score (nSPS) is 33.1. The molecule has 1 unspecified atom stereocenters. The van der Waals surface area contributed by atoms with Gasteiger partial charge in [-0.2, -0.15) is 17.0 Å². The third-order valence-corrected chi connectivity index (χ3v) is 5.07. The van der Waals surface area contributed by atoms with Crippen LogP contribution in [0.2, 0.25) is 0 Å². The van der Waals surface area contributed by atoms with Crippen molar-refractivity contribution >= 4 is 10.2 Å². The molecule has 1 saturated carbocycles. The van der Waals surface area contributed by atoms with E-state index in [0.717, 1.165) is 19.4 Å². The summed E-state index contributed by atoms with van der Waals surface area (Å²) in [5, 5.41) is 3.12. The highest BCUT2D eigenvalue weighted by Gasteiger charge is 2.43. The maximum absolute atomic E-state index is 12.0. The summed E-state index contributed by atoms with van der Waals surface area (Å²) >= 11 is 0. The molecule has 0 aromatic heterocycles. The van der Waals surface area contributed by atoms with Crippen molar-refractivity contribution in [3.05, 3.63) is 0 Å². The van der Waals surface area contributed by atoms with Crippen LogP contribution in [0.3, 0.4) is 0 Å². The predicted molar refractivity (Wildman–Crippen MR) is 58.7 cm³/mol. The molecule has 1 aliphatic heterocycles. The third-order valence-electron chi connectivity index (χ3n) is 3.09. The van der Waals surface area contributed by atoms with E-state index in [2.05, 4.69) is 5.32 Å². The monoisotopic (exact) mass is 233 g/mol. The lowest BCUT2D eigenvalue weighted by Crippen LogP contribution is -2.54.